The van der Waals surface area contributed by atoms with Crippen molar-refractivity contribution in [1.29, 1.82) is 0 Å². The number of rotatable bonds is 8. The minimum absolute atomic E-state index is 0.0403. The summed E-state index contributed by atoms with van der Waals surface area (Å²) >= 11 is 0. The van der Waals surface area contributed by atoms with E-state index >= 15 is 0 Å². The van der Waals surface area contributed by atoms with Gasteiger partial charge in [0, 0.05) is 37.8 Å². The maximum absolute atomic E-state index is 12.9. The van der Waals surface area contributed by atoms with Gasteiger partial charge in [0.25, 0.3) is 5.91 Å². The Kier molecular flexibility index (Phi) is 8.63. The second-order valence-electron chi connectivity index (χ2n) is 8.60. The molecule has 0 spiro atoms. The summed E-state index contributed by atoms with van der Waals surface area (Å²) in [6, 6.07) is 13.1. The Morgan fingerprint density at radius 1 is 1.00 bits per heavy atom. The molecular weight excluding hydrogens is 438 g/mol. The van der Waals surface area contributed by atoms with E-state index in [1.807, 2.05) is 4.90 Å². The number of hydrogen-bond donors (Lipinski definition) is 2. The molecule has 1 aliphatic heterocycles. The Morgan fingerprint density at radius 3 is 2.33 bits per heavy atom. The van der Waals surface area contributed by atoms with Crippen molar-refractivity contribution in [2.24, 2.45) is 5.92 Å². The molecule has 0 aromatic heterocycles. The predicted octanol–water partition coefficient (Wildman–Crippen LogP) is 4.17. The first-order chi connectivity index (χ1) is 15.8. The van der Waals surface area contributed by atoms with E-state index in [1.54, 1.807) is 36.4 Å². The number of carbonyl (C=O) groups is 2. The number of nitrogens with one attached hydrogen (secondary N) is 2. The van der Waals surface area contributed by atoms with Crippen LogP contribution >= 0.6 is 0 Å². The van der Waals surface area contributed by atoms with Crippen LogP contribution in [0.15, 0.2) is 53.4 Å². The van der Waals surface area contributed by atoms with Crippen molar-refractivity contribution in [2.75, 3.05) is 18.4 Å². The Bertz CT molecular complexity index is 1050. The summed E-state index contributed by atoms with van der Waals surface area (Å²) in [5, 5.41) is 2.61. The standard InChI is InChI=1S/C25H33N3O4S/c1-3-5-20-6-4-16-28(17-15-20)25(30)22-9-7-21(8-10-22)18-26-33(31,32)24-13-11-23(12-14-24)27-19(2)29/h7-14,20,26H,3-6,15-18H2,1-2H3,(H,27,29). The maximum atomic E-state index is 12.9. The second-order valence-corrected chi connectivity index (χ2v) is 10.4. The molecule has 1 saturated heterocycles. The number of benzene rings is 2. The van der Waals surface area contributed by atoms with Gasteiger partial charge in [0.1, 0.15) is 0 Å². The number of sulfonamides is 1. The number of hydrogen-bond acceptors (Lipinski definition) is 4. The van der Waals surface area contributed by atoms with Gasteiger partial charge in [-0.2, -0.15) is 0 Å². The van der Waals surface area contributed by atoms with E-state index in [1.165, 1.54) is 38.3 Å². The largest absolute Gasteiger partial charge is 0.339 e. The van der Waals surface area contributed by atoms with Crippen LogP contribution in [-0.4, -0.2) is 38.2 Å². The molecule has 2 amide bonds. The molecule has 1 aliphatic rings. The smallest absolute Gasteiger partial charge is 0.253 e. The zero-order valence-electron chi connectivity index (χ0n) is 19.3. The van der Waals surface area contributed by atoms with Gasteiger partial charge < -0.3 is 10.2 Å². The van der Waals surface area contributed by atoms with E-state index in [-0.39, 0.29) is 23.3 Å². The van der Waals surface area contributed by atoms with E-state index < -0.39 is 10.0 Å². The first kappa shape index (κ1) is 24.9. The summed E-state index contributed by atoms with van der Waals surface area (Å²) in [6.45, 7) is 5.31. The monoisotopic (exact) mass is 471 g/mol. The van der Waals surface area contributed by atoms with Crippen molar-refractivity contribution in [3.05, 3.63) is 59.7 Å². The second kappa shape index (κ2) is 11.4. The quantitative estimate of drug-likeness (QED) is 0.604. The summed E-state index contributed by atoms with van der Waals surface area (Å²) < 4.78 is 27.7. The highest BCUT2D eigenvalue weighted by atomic mass is 32.2. The molecule has 1 fully saturated rings. The van der Waals surface area contributed by atoms with E-state index in [0.717, 1.165) is 31.5 Å². The van der Waals surface area contributed by atoms with Gasteiger partial charge >= 0.3 is 0 Å². The molecule has 178 valence electrons. The van der Waals surface area contributed by atoms with Gasteiger partial charge in [0.15, 0.2) is 0 Å². The number of nitrogens with zero attached hydrogens (tertiary/aromatic N) is 1. The van der Waals surface area contributed by atoms with Crippen molar-refractivity contribution in [3.63, 3.8) is 0 Å². The number of anilines is 1. The molecular formula is C25H33N3O4S. The lowest BCUT2D eigenvalue weighted by Crippen LogP contribution is -2.32. The van der Waals surface area contributed by atoms with E-state index in [0.29, 0.717) is 17.2 Å². The topological polar surface area (TPSA) is 95.6 Å². The first-order valence-corrected chi connectivity index (χ1v) is 13.0. The molecule has 7 nitrogen and oxygen atoms in total. The average molecular weight is 472 g/mol. The number of carbonyl (C=O) groups excluding carboxylic acids is 2. The Balaban J connectivity index is 1.56. The lowest BCUT2D eigenvalue weighted by molar-refractivity contribution is -0.114. The Morgan fingerprint density at radius 2 is 1.70 bits per heavy atom. The molecule has 1 unspecified atom stereocenters. The van der Waals surface area contributed by atoms with Gasteiger partial charge in [-0.25, -0.2) is 13.1 Å². The molecule has 1 atom stereocenters. The molecule has 1 heterocycles. The fourth-order valence-electron chi connectivity index (χ4n) is 4.20. The highest BCUT2D eigenvalue weighted by Crippen LogP contribution is 2.23. The zero-order valence-corrected chi connectivity index (χ0v) is 20.2. The highest BCUT2D eigenvalue weighted by Gasteiger charge is 2.21. The predicted molar refractivity (Wildman–Crippen MR) is 129 cm³/mol. The minimum Gasteiger partial charge on any atom is -0.339 e. The SMILES string of the molecule is CCCC1CCCN(C(=O)c2ccc(CNS(=O)(=O)c3ccc(NC(C)=O)cc3)cc2)CC1. The molecule has 8 heteroatoms. The average Bonchev–Trinajstić information content (AvgIpc) is 3.03. The van der Waals surface area contributed by atoms with Crippen LogP contribution in [0.5, 0.6) is 0 Å². The van der Waals surface area contributed by atoms with Crippen LogP contribution < -0.4 is 10.0 Å². The zero-order chi connectivity index (χ0) is 23.8. The fourth-order valence-corrected chi connectivity index (χ4v) is 5.21. The third-order valence-corrected chi connectivity index (χ3v) is 7.40. The van der Waals surface area contributed by atoms with Gasteiger partial charge in [0.05, 0.1) is 4.90 Å². The molecule has 2 aromatic carbocycles. The third-order valence-electron chi connectivity index (χ3n) is 5.98. The van der Waals surface area contributed by atoms with Crippen molar-refractivity contribution in [1.82, 2.24) is 9.62 Å². The molecule has 0 radical (unpaired) electrons. The van der Waals surface area contributed by atoms with Gasteiger partial charge in [0.2, 0.25) is 15.9 Å². The van der Waals surface area contributed by atoms with Crippen molar-refractivity contribution >= 4 is 27.5 Å². The fraction of sp³-hybridized carbons (Fsp3) is 0.440. The molecule has 0 bridgehead atoms. The normalized spacial score (nSPS) is 16.8. The maximum Gasteiger partial charge on any atom is 0.253 e. The summed E-state index contributed by atoms with van der Waals surface area (Å²) in [5.74, 6) is 0.533. The summed E-state index contributed by atoms with van der Waals surface area (Å²) in [4.78, 5) is 26.1. The summed E-state index contributed by atoms with van der Waals surface area (Å²) in [6.07, 6.45) is 5.71. The molecule has 33 heavy (non-hydrogen) atoms. The van der Waals surface area contributed by atoms with Crippen LogP contribution in [0, 0.1) is 5.92 Å². The van der Waals surface area contributed by atoms with Crippen molar-refractivity contribution < 1.29 is 18.0 Å². The van der Waals surface area contributed by atoms with Crippen LogP contribution in [0.1, 0.15) is 61.9 Å². The van der Waals surface area contributed by atoms with Gasteiger partial charge in [-0.1, -0.05) is 31.9 Å². The summed E-state index contributed by atoms with van der Waals surface area (Å²) in [7, 11) is -3.70. The van der Waals surface area contributed by atoms with E-state index in [4.69, 9.17) is 0 Å². The lowest BCUT2D eigenvalue weighted by Gasteiger charge is -2.21. The van der Waals surface area contributed by atoms with Gasteiger partial charge in [-0.15, -0.1) is 0 Å². The number of amides is 2. The van der Waals surface area contributed by atoms with Crippen LogP contribution in [0.3, 0.4) is 0 Å². The van der Waals surface area contributed by atoms with Crippen LogP contribution in [-0.2, 0) is 21.4 Å². The molecule has 0 aliphatic carbocycles. The molecule has 2 aromatic rings. The van der Waals surface area contributed by atoms with Gasteiger partial charge in [-0.05, 0) is 67.1 Å². The van der Waals surface area contributed by atoms with Crippen molar-refractivity contribution in [3.8, 4) is 0 Å². The van der Waals surface area contributed by atoms with Crippen molar-refractivity contribution in [2.45, 2.75) is 57.4 Å². The van der Waals surface area contributed by atoms with Gasteiger partial charge in [-0.3, -0.25) is 9.59 Å². The molecule has 3 rings (SSSR count). The highest BCUT2D eigenvalue weighted by molar-refractivity contribution is 7.89. The Hall–Kier alpha value is -2.71. The minimum atomic E-state index is -3.70. The lowest BCUT2D eigenvalue weighted by atomic mass is 9.96. The van der Waals surface area contributed by atoms with Crippen LogP contribution in [0.25, 0.3) is 0 Å². The molecule has 2 N–H and O–H groups in total. The first-order valence-electron chi connectivity index (χ1n) is 11.5. The third kappa shape index (κ3) is 7.14. The number of likely N-dealkylation sites (tertiary alicyclic amines) is 1. The van der Waals surface area contributed by atoms with E-state index in [9.17, 15) is 18.0 Å². The van der Waals surface area contributed by atoms with E-state index in [2.05, 4.69) is 17.0 Å². The van der Waals surface area contributed by atoms with Crippen LogP contribution in [0.2, 0.25) is 0 Å². The summed E-state index contributed by atoms with van der Waals surface area (Å²) in [5.41, 5.74) is 1.93. The van der Waals surface area contributed by atoms with Crippen LogP contribution in [0.4, 0.5) is 5.69 Å². The Labute approximate surface area is 196 Å². The molecule has 0 saturated carbocycles.